The Kier molecular flexibility index (Phi) is 5.73. The zero-order valence-corrected chi connectivity index (χ0v) is 14.5. The normalized spacial score (nSPS) is 17.6. The third-order valence-electron chi connectivity index (χ3n) is 4.45. The first kappa shape index (κ1) is 16.8. The number of nitrogens with one attached hydrogen (secondary N) is 1. The van der Waals surface area contributed by atoms with Crippen LogP contribution in [0.2, 0.25) is 5.02 Å². The van der Waals surface area contributed by atoms with Crippen molar-refractivity contribution in [3.8, 4) is 0 Å². The molecule has 1 atom stereocenters. The molecule has 1 N–H and O–H groups in total. The van der Waals surface area contributed by atoms with Gasteiger partial charge in [-0.15, -0.1) is 23.7 Å². The van der Waals surface area contributed by atoms with Crippen molar-refractivity contribution in [2.45, 2.75) is 37.6 Å². The summed E-state index contributed by atoms with van der Waals surface area (Å²) in [7, 11) is 0. The van der Waals surface area contributed by atoms with E-state index >= 15 is 0 Å². The third kappa shape index (κ3) is 3.14. The maximum atomic E-state index is 6.05. The van der Waals surface area contributed by atoms with E-state index in [1.54, 1.807) is 0 Å². The van der Waals surface area contributed by atoms with Crippen LogP contribution in [0.15, 0.2) is 41.8 Å². The molecular formula is C17H21Cl2NS. The molecule has 0 radical (unpaired) electrons. The molecule has 1 saturated carbocycles. The number of benzene rings is 1. The monoisotopic (exact) mass is 341 g/mol. The third-order valence-corrected chi connectivity index (χ3v) is 5.64. The lowest BCUT2D eigenvalue weighted by Gasteiger charge is -2.48. The molecule has 114 valence electrons. The zero-order chi connectivity index (χ0) is 14.0. The number of halogens is 2. The summed E-state index contributed by atoms with van der Waals surface area (Å²) in [6, 6.07) is 13.3. The molecule has 3 rings (SSSR count). The van der Waals surface area contributed by atoms with Gasteiger partial charge in [0.1, 0.15) is 0 Å². The van der Waals surface area contributed by atoms with E-state index in [0.29, 0.717) is 6.04 Å². The average Bonchev–Trinajstić information content (AvgIpc) is 2.92. The molecule has 4 heteroatoms. The van der Waals surface area contributed by atoms with Crippen molar-refractivity contribution in [3.05, 3.63) is 57.2 Å². The van der Waals surface area contributed by atoms with E-state index in [1.807, 2.05) is 23.5 Å². The van der Waals surface area contributed by atoms with Gasteiger partial charge in [-0.25, -0.2) is 0 Å². The zero-order valence-electron chi connectivity index (χ0n) is 12.1. The van der Waals surface area contributed by atoms with Crippen LogP contribution in [-0.2, 0) is 5.41 Å². The molecule has 1 aliphatic carbocycles. The predicted octanol–water partition coefficient (Wildman–Crippen LogP) is 5.60. The van der Waals surface area contributed by atoms with E-state index < -0.39 is 0 Å². The van der Waals surface area contributed by atoms with Crippen LogP contribution in [0, 0.1) is 0 Å². The molecule has 2 aromatic rings. The Morgan fingerprint density at radius 3 is 2.43 bits per heavy atom. The second-order valence-corrected chi connectivity index (χ2v) is 6.94. The molecule has 1 unspecified atom stereocenters. The Morgan fingerprint density at radius 1 is 1.24 bits per heavy atom. The van der Waals surface area contributed by atoms with E-state index in [4.69, 9.17) is 11.6 Å². The smallest absolute Gasteiger partial charge is 0.0512 e. The molecule has 0 aliphatic heterocycles. The minimum atomic E-state index is 0. The molecule has 0 spiro atoms. The number of hydrogen-bond donors (Lipinski definition) is 1. The molecule has 1 aliphatic rings. The summed E-state index contributed by atoms with van der Waals surface area (Å²) in [5, 5.41) is 6.71. The van der Waals surface area contributed by atoms with Crippen molar-refractivity contribution in [3.63, 3.8) is 0 Å². The maximum Gasteiger partial charge on any atom is 0.0512 e. The number of thiophene rings is 1. The lowest BCUT2D eigenvalue weighted by molar-refractivity contribution is 0.173. The van der Waals surface area contributed by atoms with Gasteiger partial charge in [0.25, 0.3) is 0 Å². The van der Waals surface area contributed by atoms with Crippen molar-refractivity contribution in [1.82, 2.24) is 5.32 Å². The predicted molar refractivity (Wildman–Crippen MR) is 95.0 cm³/mol. The summed E-state index contributed by atoms with van der Waals surface area (Å²) >= 11 is 7.91. The van der Waals surface area contributed by atoms with E-state index in [1.165, 1.54) is 29.7 Å². The highest BCUT2D eigenvalue weighted by Gasteiger charge is 2.46. The van der Waals surface area contributed by atoms with Crippen molar-refractivity contribution in [2.24, 2.45) is 0 Å². The fourth-order valence-corrected chi connectivity index (χ4v) is 4.35. The summed E-state index contributed by atoms with van der Waals surface area (Å²) in [6.07, 6.45) is 3.82. The molecule has 1 fully saturated rings. The SMILES string of the molecule is CCNC(c1cccs1)C1(c2ccc(Cl)cc2)CCC1.Cl. The molecule has 0 saturated heterocycles. The van der Waals surface area contributed by atoms with Gasteiger partial charge in [0.15, 0.2) is 0 Å². The minimum Gasteiger partial charge on any atom is -0.309 e. The van der Waals surface area contributed by atoms with Crippen LogP contribution in [0.25, 0.3) is 0 Å². The summed E-state index contributed by atoms with van der Waals surface area (Å²) < 4.78 is 0. The number of rotatable bonds is 5. The fraction of sp³-hybridized carbons (Fsp3) is 0.412. The van der Waals surface area contributed by atoms with E-state index in [-0.39, 0.29) is 17.8 Å². The van der Waals surface area contributed by atoms with Crippen LogP contribution in [0.5, 0.6) is 0 Å². The molecule has 21 heavy (non-hydrogen) atoms. The second kappa shape index (κ2) is 7.15. The minimum absolute atomic E-state index is 0. The standard InChI is InChI=1S/C17H20ClNS.ClH/c1-2-19-16(15-5-3-12-20-15)17(10-4-11-17)13-6-8-14(18)9-7-13;/h3,5-9,12,16,19H,2,4,10-11H2,1H3;1H. The fourth-order valence-electron chi connectivity index (χ4n) is 3.31. The lowest BCUT2D eigenvalue weighted by Crippen LogP contribution is -2.46. The van der Waals surface area contributed by atoms with Crippen molar-refractivity contribution >= 4 is 35.3 Å². The first-order valence-corrected chi connectivity index (χ1v) is 8.55. The van der Waals surface area contributed by atoms with Gasteiger partial charge in [-0.3, -0.25) is 0 Å². The van der Waals surface area contributed by atoms with Crippen LogP contribution in [0.3, 0.4) is 0 Å². The lowest BCUT2D eigenvalue weighted by atomic mass is 9.59. The Hall–Kier alpha value is -0.540. The van der Waals surface area contributed by atoms with Crippen LogP contribution >= 0.6 is 35.3 Å². The Labute approximate surface area is 142 Å². The van der Waals surface area contributed by atoms with E-state index in [2.05, 4.69) is 41.9 Å². The molecule has 1 aromatic carbocycles. The highest BCUT2D eigenvalue weighted by Crippen LogP contribution is 2.52. The van der Waals surface area contributed by atoms with Gasteiger partial charge in [0.05, 0.1) is 6.04 Å². The van der Waals surface area contributed by atoms with Crippen LogP contribution < -0.4 is 5.32 Å². The van der Waals surface area contributed by atoms with Gasteiger partial charge < -0.3 is 5.32 Å². The average molecular weight is 342 g/mol. The summed E-state index contributed by atoms with van der Waals surface area (Å²) in [5.41, 5.74) is 1.67. The largest absolute Gasteiger partial charge is 0.309 e. The molecule has 0 bridgehead atoms. The van der Waals surface area contributed by atoms with Gasteiger partial charge in [-0.2, -0.15) is 0 Å². The van der Waals surface area contributed by atoms with Crippen molar-refractivity contribution in [2.75, 3.05) is 6.54 Å². The van der Waals surface area contributed by atoms with Gasteiger partial charge in [0, 0.05) is 15.3 Å². The second-order valence-electron chi connectivity index (χ2n) is 5.52. The Balaban J connectivity index is 0.00000161. The van der Waals surface area contributed by atoms with Crippen molar-refractivity contribution in [1.29, 1.82) is 0 Å². The van der Waals surface area contributed by atoms with E-state index in [0.717, 1.165) is 11.6 Å². The Bertz CT molecular complexity index is 547. The topological polar surface area (TPSA) is 12.0 Å². The van der Waals surface area contributed by atoms with Crippen LogP contribution in [0.4, 0.5) is 0 Å². The first-order chi connectivity index (χ1) is 9.76. The van der Waals surface area contributed by atoms with E-state index in [9.17, 15) is 0 Å². The van der Waals surface area contributed by atoms with Gasteiger partial charge in [-0.1, -0.05) is 43.1 Å². The summed E-state index contributed by atoms with van der Waals surface area (Å²) in [6.45, 7) is 3.19. The Morgan fingerprint density at radius 2 is 1.95 bits per heavy atom. The number of hydrogen-bond acceptors (Lipinski definition) is 2. The van der Waals surface area contributed by atoms with Gasteiger partial charge >= 0.3 is 0 Å². The molecule has 1 heterocycles. The van der Waals surface area contributed by atoms with Crippen LogP contribution in [-0.4, -0.2) is 6.54 Å². The van der Waals surface area contributed by atoms with Crippen LogP contribution in [0.1, 0.15) is 42.7 Å². The molecule has 1 nitrogen and oxygen atoms in total. The van der Waals surface area contributed by atoms with Gasteiger partial charge in [0.2, 0.25) is 0 Å². The maximum absolute atomic E-state index is 6.05. The molecule has 0 amide bonds. The summed E-state index contributed by atoms with van der Waals surface area (Å²) in [5.74, 6) is 0. The highest BCUT2D eigenvalue weighted by atomic mass is 35.5. The van der Waals surface area contributed by atoms with Crippen molar-refractivity contribution < 1.29 is 0 Å². The summed E-state index contributed by atoms with van der Waals surface area (Å²) in [4.78, 5) is 1.45. The molecule has 1 aromatic heterocycles. The highest BCUT2D eigenvalue weighted by molar-refractivity contribution is 7.10. The first-order valence-electron chi connectivity index (χ1n) is 7.29. The molecular weight excluding hydrogens is 321 g/mol. The number of likely N-dealkylation sites (N-methyl/N-ethyl adjacent to an activating group) is 1. The van der Waals surface area contributed by atoms with Gasteiger partial charge in [-0.05, 0) is 48.5 Å². The quantitative estimate of drug-likeness (QED) is 0.746.